The number of nitrogens with zero attached hydrogens (tertiary/aromatic N) is 1. The fourth-order valence-electron chi connectivity index (χ4n) is 3.43. The Balaban J connectivity index is 1.67. The van der Waals surface area contributed by atoms with E-state index in [-0.39, 0.29) is 23.6 Å². The van der Waals surface area contributed by atoms with Gasteiger partial charge in [-0.2, -0.15) is 0 Å². The van der Waals surface area contributed by atoms with Gasteiger partial charge in [-0.15, -0.1) is 0 Å². The van der Waals surface area contributed by atoms with Crippen molar-refractivity contribution in [3.63, 3.8) is 0 Å². The monoisotopic (exact) mass is 346 g/mol. The van der Waals surface area contributed by atoms with Gasteiger partial charge in [-0.25, -0.2) is 8.42 Å². The summed E-state index contributed by atoms with van der Waals surface area (Å²) in [5.74, 6) is 5.09. The van der Waals surface area contributed by atoms with Gasteiger partial charge in [0, 0.05) is 17.5 Å². The number of carbonyl (C=O) groups is 1. The fourth-order valence-corrected chi connectivity index (χ4v) is 5.38. The molecule has 24 heavy (non-hydrogen) atoms. The van der Waals surface area contributed by atoms with E-state index in [1.54, 1.807) is 0 Å². The van der Waals surface area contributed by atoms with Crippen LogP contribution >= 0.6 is 0 Å². The predicted octanol–water partition coefficient (Wildman–Crippen LogP) is 0.806. The van der Waals surface area contributed by atoms with Gasteiger partial charge in [0.1, 0.15) is 0 Å². The third-order valence-electron chi connectivity index (χ3n) is 4.59. The average Bonchev–Trinajstić information content (AvgIpc) is 2.89. The maximum Gasteiger partial charge on any atom is 0.296 e. The van der Waals surface area contributed by atoms with E-state index >= 15 is 0 Å². The molecule has 2 aliphatic rings. The highest BCUT2D eigenvalue weighted by Crippen LogP contribution is 2.22. The summed E-state index contributed by atoms with van der Waals surface area (Å²) in [4.78, 5) is 14.3. The van der Waals surface area contributed by atoms with Crippen molar-refractivity contribution in [1.29, 1.82) is 0 Å². The number of piperidine rings is 1. The number of hydrogen-bond acceptors (Lipinski definition) is 4. The van der Waals surface area contributed by atoms with Crippen molar-refractivity contribution in [1.82, 2.24) is 10.2 Å². The number of benzene rings is 1. The molecule has 2 saturated heterocycles. The molecule has 2 heterocycles. The molecule has 2 atom stereocenters. The van der Waals surface area contributed by atoms with Gasteiger partial charge in [0.2, 0.25) is 0 Å². The number of carbonyl (C=O) groups excluding carboxylic acids is 1. The molecule has 2 aliphatic heterocycles. The van der Waals surface area contributed by atoms with Crippen LogP contribution in [0.1, 0.15) is 24.8 Å². The molecule has 5 nitrogen and oxygen atoms in total. The molecule has 0 aromatic heterocycles. The Bertz CT molecular complexity index is 743. The van der Waals surface area contributed by atoms with Crippen molar-refractivity contribution >= 4 is 15.7 Å². The standard InChI is InChI=1S/C18H22N2O3S/c21-18(10-9-15-7-3-1-4-8-15)19-16-13-24(22,23)14-17(16)20-11-5-2-6-12-20/h1,3-4,7-8,16-17H,2,5-6,11-14H2,(H,19,21)/t16-,17-/m1/s1. The highest BCUT2D eigenvalue weighted by molar-refractivity contribution is 7.91. The largest absolute Gasteiger partial charge is 0.340 e. The maximum atomic E-state index is 12.1. The Morgan fingerprint density at radius 1 is 1.08 bits per heavy atom. The Hall–Kier alpha value is -1.84. The Kier molecular flexibility index (Phi) is 5.22. The highest BCUT2D eigenvalue weighted by atomic mass is 32.2. The lowest BCUT2D eigenvalue weighted by atomic mass is 10.0. The molecule has 2 fully saturated rings. The summed E-state index contributed by atoms with van der Waals surface area (Å²) in [5.41, 5.74) is 0.763. The van der Waals surface area contributed by atoms with Gasteiger partial charge >= 0.3 is 0 Å². The molecular weight excluding hydrogens is 324 g/mol. The van der Waals surface area contributed by atoms with E-state index in [0.717, 1.165) is 31.5 Å². The van der Waals surface area contributed by atoms with Gasteiger partial charge in [-0.1, -0.05) is 30.5 Å². The zero-order chi connectivity index (χ0) is 17.0. The molecular formula is C18H22N2O3S. The first-order chi connectivity index (χ1) is 11.5. The van der Waals surface area contributed by atoms with E-state index in [2.05, 4.69) is 22.1 Å². The summed E-state index contributed by atoms with van der Waals surface area (Å²) < 4.78 is 24.1. The van der Waals surface area contributed by atoms with E-state index in [4.69, 9.17) is 0 Å². The summed E-state index contributed by atoms with van der Waals surface area (Å²) in [6.45, 7) is 1.81. The second-order valence-corrected chi connectivity index (χ2v) is 8.59. The quantitative estimate of drug-likeness (QED) is 0.805. The summed E-state index contributed by atoms with van der Waals surface area (Å²) in [7, 11) is -3.11. The fraction of sp³-hybridized carbons (Fsp3) is 0.500. The van der Waals surface area contributed by atoms with Gasteiger partial charge in [-0.3, -0.25) is 9.69 Å². The molecule has 128 valence electrons. The minimum atomic E-state index is -3.11. The Labute approximate surface area is 143 Å². The van der Waals surface area contributed by atoms with Crippen LogP contribution in [0.2, 0.25) is 0 Å². The van der Waals surface area contributed by atoms with Crippen LogP contribution in [-0.4, -0.2) is 55.9 Å². The van der Waals surface area contributed by atoms with Gasteiger partial charge in [0.15, 0.2) is 9.84 Å². The van der Waals surface area contributed by atoms with Crippen LogP contribution in [0.3, 0.4) is 0 Å². The number of nitrogens with one attached hydrogen (secondary N) is 1. The molecule has 1 amide bonds. The smallest absolute Gasteiger partial charge is 0.296 e. The van der Waals surface area contributed by atoms with Crippen LogP contribution in [0.5, 0.6) is 0 Å². The van der Waals surface area contributed by atoms with Crippen LogP contribution < -0.4 is 5.32 Å². The van der Waals surface area contributed by atoms with Crippen LogP contribution in [0.15, 0.2) is 30.3 Å². The summed E-state index contributed by atoms with van der Waals surface area (Å²) in [6, 6.07) is 8.77. The Morgan fingerprint density at radius 3 is 2.50 bits per heavy atom. The second-order valence-electron chi connectivity index (χ2n) is 6.44. The lowest BCUT2D eigenvalue weighted by Gasteiger charge is -2.34. The number of likely N-dealkylation sites (tertiary alicyclic amines) is 1. The van der Waals surface area contributed by atoms with Gasteiger partial charge in [0.25, 0.3) is 5.91 Å². The summed E-state index contributed by atoms with van der Waals surface area (Å²) in [6.07, 6.45) is 3.37. The topological polar surface area (TPSA) is 66.5 Å². The van der Waals surface area contributed by atoms with Crippen molar-refractivity contribution in [3.05, 3.63) is 35.9 Å². The van der Waals surface area contributed by atoms with Crippen LogP contribution in [-0.2, 0) is 14.6 Å². The summed E-state index contributed by atoms with van der Waals surface area (Å²) >= 11 is 0. The van der Waals surface area contributed by atoms with E-state index in [1.807, 2.05) is 30.3 Å². The minimum absolute atomic E-state index is 0.00687. The van der Waals surface area contributed by atoms with E-state index < -0.39 is 15.7 Å². The normalized spacial score (nSPS) is 26.3. The van der Waals surface area contributed by atoms with Gasteiger partial charge in [0.05, 0.1) is 17.5 Å². The summed E-state index contributed by atoms with van der Waals surface area (Å²) in [5, 5.41) is 2.82. The first-order valence-corrected chi connectivity index (χ1v) is 10.2. The first kappa shape index (κ1) is 17.0. The number of amides is 1. The Morgan fingerprint density at radius 2 is 1.79 bits per heavy atom. The van der Waals surface area contributed by atoms with Crippen molar-refractivity contribution in [2.24, 2.45) is 0 Å². The zero-order valence-electron chi connectivity index (χ0n) is 13.6. The van der Waals surface area contributed by atoms with Crippen LogP contribution in [0, 0.1) is 11.8 Å². The van der Waals surface area contributed by atoms with E-state index in [0.29, 0.717) is 0 Å². The molecule has 0 aliphatic carbocycles. The zero-order valence-corrected chi connectivity index (χ0v) is 14.4. The molecule has 1 aromatic carbocycles. The van der Waals surface area contributed by atoms with E-state index in [9.17, 15) is 13.2 Å². The third-order valence-corrected chi connectivity index (χ3v) is 6.31. The predicted molar refractivity (Wildman–Crippen MR) is 93.1 cm³/mol. The van der Waals surface area contributed by atoms with Gasteiger partial charge < -0.3 is 5.32 Å². The minimum Gasteiger partial charge on any atom is -0.340 e. The maximum absolute atomic E-state index is 12.1. The second kappa shape index (κ2) is 7.37. The first-order valence-electron chi connectivity index (χ1n) is 8.35. The van der Waals surface area contributed by atoms with Crippen molar-refractivity contribution in [2.45, 2.75) is 31.3 Å². The number of hydrogen-bond donors (Lipinski definition) is 1. The molecule has 1 N–H and O–H groups in total. The molecule has 0 unspecified atom stereocenters. The van der Waals surface area contributed by atoms with Crippen molar-refractivity contribution in [2.75, 3.05) is 24.6 Å². The van der Waals surface area contributed by atoms with Crippen molar-refractivity contribution in [3.8, 4) is 11.8 Å². The molecule has 0 saturated carbocycles. The van der Waals surface area contributed by atoms with Crippen molar-refractivity contribution < 1.29 is 13.2 Å². The molecule has 1 aromatic rings. The average molecular weight is 346 g/mol. The lowest BCUT2D eigenvalue weighted by molar-refractivity contribution is -0.116. The van der Waals surface area contributed by atoms with Crippen LogP contribution in [0.25, 0.3) is 0 Å². The molecule has 0 radical (unpaired) electrons. The molecule has 0 spiro atoms. The van der Waals surface area contributed by atoms with Crippen LogP contribution in [0.4, 0.5) is 0 Å². The lowest BCUT2D eigenvalue weighted by Crippen LogP contribution is -2.52. The molecule has 6 heteroatoms. The number of rotatable bonds is 2. The van der Waals surface area contributed by atoms with Gasteiger partial charge in [-0.05, 0) is 38.1 Å². The highest BCUT2D eigenvalue weighted by Gasteiger charge is 2.41. The molecule has 3 rings (SSSR count). The number of sulfone groups is 1. The molecule has 0 bridgehead atoms. The van der Waals surface area contributed by atoms with E-state index in [1.165, 1.54) is 6.42 Å². The third kappa shape index (κ3) is 4.37. The SMILES string of the molecule is O=C(C#Cc1ccccc1)N[C@@H]1CS(=O)(=O)C[C@H]1N1CCCCC1.